The molecule has 184 valence electrons. The van der Waals surface area contributed by atoms with Gasteiger partial charge in [0.15, 0.2) is 5.82 Å². The maximum Gasteiger partial charge on any atom is 0.249 e. The van der Waals surface area contributed by atoms with Crippen LogP contribution in [0.15, 0.2) is 36.4 Å². The maximum atomic E-state index is 13.0. The van der Waals surface area contributed by atoms with E-state index >= 15 is 0 Å². The highest BCUT2D eigenvalue weighted by Gasteiger charge is 2.26. The molecule has 1 unspecified atom stereocenters. The molecule has 0 radical (unpaired) electrons. The zero-order valence-corrected chi connectivity index (χ0v) is 20.6. The Labute approximate surface area is 201 Å². The topological polar surface area (TPSA) is 88.1 Å². The highest BCUT2D eigenvalue weighted by Crippen LogP contribution is 2.23. The van der Waals surface area contributed by atoms with Crippen LogP contribution in [0.1, 0.15) is 26.7 Å². The summed E-state index contributed by atoms with van der Waals surface area (Å²) in [5.41, 5.74) is 1.72. The Morgan fingerprint density at radius 3 is 2.59 bits per heavy atom. The molecular weight excluding hydrogens is 434 g/mol. The molecule has 1 aliphatic heterocycles. The van der Waals surface area contributed by atoms with Gasteiger partial charge in [-0.2, -0.15) is 0 Å². The molecule has 1 atom stereocenters. The van der Waals surface area contributed by atoms with E-state index in [1.807, 2.05) is 55.1 Å². The molecule has 2 heterocycles. The van der Waals surface area contributed by atoms with Crippen molar-refractivity contribution in [1.82, 2.24) is 20.0 Å². The van der Waals surface area contributed by atoms with E-state index in [2.05, 4.69) is 15.1 Å². The molecule has 9 heteroatoms. The van der Waals surface area contributed by atoms with E-state index in [0.29, 0.717) is 19.6 Å². The van der Waals surface area contributed by atoms with Crippen LogP contribution in [0.4, 0.5) is 5.82 Å². The number of nitrogens with zero attached hydrogens (tertiary/aromatic N) is 5. The minimum Gasteiger partial charge on any atom is -0.497 e. The number of amides is 2. The van der Waals surface area contributed by atoms with Gasteiger partial charge in [0.05, 0.1) is 12.8 Å². The highest BCUT2D eigenvalue weighted by atomic mass is 16.5. The van der Waals surface area contributed by atoms with E-state index in [9.17, 15) is 9.59 Å². The Hall–Kier alpha value is -3.20. The average molecular weight is 470 g/mol. The number of benzene rings is 1. The fourth-order valence-electron chi connectivity index (χ4n) is 3.99. The smallest absolute Gasteiger partial charge is 0.249 e. The number of hydrogen-bond acceptors (Lipinski definition) is 7. The third-order valence-electron chi connectivity index (χ3n) is 6.21. The van der Waals surface area contributed by atoms with Crippen LogP contribution in [0.5, 0.6) is 5.75 Å². The van der Waals surface area contributed by atoms with Crippen LogP contribution in [0, 0.1) is 0 Å². The summed E-state index contributed by atoms with van der Waals surface area (Å²) in [5.74, 6) is 1.37. The summed E-state index contributed by atoms with van der Waals surface area (Å²) in [5, 5.41) is 8.84. The van der Waals surface area contributed by atoms with Gasteiger partial charge in [0.2, 0.25) is 11.8 Å². The van der Waals surface area contributed by atoms with Crippen molar-refractivity contribution in [3.05, 3.63) is 36.4 Å². The summed E-state index contributed by atoms with van der Waals surface area (Å²) in [6, 6.07) is 11.6. The van der Waals surface area contributed by atoms with Gasteiger partial charge >= 0.3 is 0 Å². The summed E-state index contributed by atoms with van der Waals surface area (Å²) >= 11 is 0. The number of carbonyl (C=O) groups is 2. The van der Waals surface area contributed by atoms with Gasteiger partial charge in [-0.1, -0.05) is 19.1 Å². The quantitative estimate of drug-likeness (QED) is 0.557. The van der Waals surface area contributed by atoms with Crippen molar-refractivity contribution in [3.8, 4) is 17.0 Å². The predicted octanol–water partition coefficient (Wildman–Crippen LogP) is 2.46. The number of anilines is 1. The predicted molar refractivity (Wildman–Crippen MR) is 131 cm³/mol. The fraction of sp³-hybridized carbons (Fsp3) is 0.520. The van der Waals surface area contributed by atoms with Crippen molar-refractivity contribution in [1.29, 1.82) is 0 Å². The molecule has 1 aliphatic rings. The second-order valence-electron chi connectivity index (χ2n) is 8.44. The van der Waals surface area contributed by atoms with Crippen LogP contribution in [0.25, 0.3) is 11.3 Å². The third kappa shape index (κ3) is 6.44. The first-order valence-electron chi connectivity index (χ1n) is 11.8. The van der Waals surface area contributed by atoms with Gasteiger partial charge in [-0.15, -0.1) is 10.2 Å². The van der Waals surface area contributed by atoms with Gasteiger partial charge in [0.25, 0.3) is 0 Å². The SMILES string of the molecule is CCC(C)N(CC(=O)N1CCCN(c2ccc(-c3cccc(OC)c3)nn2)CC1)C(=O)COC. The maximum absolute atomic E-state index is 13.0. The van der Waals surface area contributed by atoms with Crippen molar-refractivity contribution in [2.45, 2.75) is 32.7 Å². The lowest BCUT2D eigenvalue weighted by Gasteiger charge is -2.30. The van der Waals surface area contributed by atoms with E-state index < -0.39 is 0 Å². The monoisotopic (exact) mass is 469 g/mol. The van der Waals surface area contributed by atoms with Gasteiger partial charge < -0.3 is 24.2 Å². The second kappa shape index (κ2) is 12.3. The Balaban J connectivity index is 1.62. The van der Waals surface area contributed by atoms with E-state index in [-0.39, 0.29) is 31.0 Å². The van der Waals surface area contributed by atoms with Crippen LogP contribution < -0.4 is 9.64 Å². The molecule has 2 aromatic rings. The van der Waals surface area contributed by atoms with Gasteiger partial charge in [-0.25, -0.2) is 0 Å². The molecule has 34 heavy (non-hydrogen) atoms. The third-order valence-corrected chi connectivity index (χ3v) is 6.21. The first kappa shape index (κ1) is 25.4. The Morgan fingerprint density at radius 2 is 1.91 bits per heavy atom. The average Bonchev–Trinajstić information content (AvgIpc) is 3.13. The molecule has 0 aliphatic carbocycles. The van der Waals surface area contributed by atoms with Gasteiger partial charge in [-0.05, 0) is 44.0 Å². The van der Waals surface area contributed by atoms with E-state index in [4.69, 9.17) is 9.47 Å². The first-order chi connectivity index (χ1) is 16.5. The summed E-state index contributed by atoms with van der Waals surface area (Å²) in [7, 11) is 3.13. The van der Waals surface area contributed by atoms with Crippen LogP contribution in [0.2, 0.25) is 0 Å². The van der Waals surface area contributed by atoms with Gasteiger partial charge in [0, 0.05) is 44.9 Å². The lowest BCUT2D eigenvalue weighted by molar-refractivity contribution is -0.144. The summed E-state index contributed by atoms with van der Waals surface area (Å²) in [4.78, 5) is 31.1. The number of rotatable bonds is 9. The molecule has 0 spiro atoms. The number of hydrogen-bond donors (Lipinski definition) is 0. The number of aromatic nitrogens is 2. The van der Waals surface area contributed by atoms with Crippen LogP contribution in [-0.2, 0) is 14.3 Å². The van der Waals surface area contributed by atoms with Crippen molar-refractivity contribution in [2.75, 3.05) is 58.5 Å². The molecule has 9 nitrogen and oxygen atoms in total. The molecule has 2 amide bonds. The van der Waals surface area contributed by atoms with Crippen molar-refractivity contribution >= 4 is 17.6 Å². The van der Waals surface area contributed by atoms with E-state index in [0.717, 1.165) is 42.2 Å². The number of carbonyl (C=O) groups excluding carboxylic acids is 2. The van der Waals surface area contributed by atoms with Crippen LogP contribution in [0.3, 0.4) is 0 Å². The number of methoxy groups -OCH3 is 2. The lowest BCUT2D eigenvalue weighted by atomic mass is 10.1. The standard InChI is InChI=1S/C25H35N5O4/c1-5-19(2)30(25(32)18-33-3)17-24(31)29-13-7-12-28(14-15-29)23-11-10-22(26-27-23)20-8-6-9-21(16-20)34-4/h6,8-11,16,19H,5,7,12-15,17-18H2,1-4H3. The Morgan fingerprint density at radius 1 is 1.09 bits per heavy atom. The molecule has 1 aromatic heterocycles. The molecule has 0 bridgehead atoms. The van der Waals surface area contributed by atoms with E-state index in [1.165, 1.54) is 7.11 Å². The Bertz CT molecular complexity index is 953. The first-order valence-corrected chi connectivity index (χ1v) is 11.8. The van der Waals surface area contributed by atoms with Crippen LogP contribution in [-0.4, -0.2) is 91.4 Å². The zero-order chi connectivity index (χ0) is 24.5. The zero-order valence-electron chi connectivity index (χ0n) is 20.6. The second-order valence-corrected chi connectivity index (χ2v) is 8.44. The molecular formula is C25H35N5O4. The number of ether oxygens (including phenoxy) is 2. The normalized spacial score (nSPS) is 14.9. The molecule has 0 saturated carbocycles. The minimum atomic E-state index is -0.159. The molecule has 1 fully saturated rings. The fourth-order valence-corrected chi connectivity index (χ4v) is 3.99. The molecule has 1 aromatic carbocycles. The molecule has 1 saturated heterocycles. The molecule has 0 N–H and O–H groups in total. The van der Waals surface area contributed by atoms with E-state index in [1.54, 1.807) is 12.0 Å². The molecule has 3 rings (SSSR count). The largest absolute Gasteiger partial charge is 0.497 e. The summed E-state index contributed by atoms with van der Waals surface area (Å²) in [6.45, 7) is 6.69. The van der Waals surface area contributed by atoms with Gasteiger partial charge in [0.1, 0.15) is 18.9 Å². The minimum absolute atomic E-state index is 0.0180. The van der Waals surface area contributed by atoms with Gasteiger partial charge in [-0.3, -0.25) is 9.59 Å². The van der Waals surface area contributed by atoms with Crippen molar-refractivity contribution < 1.29 is 19.1 Å². The van der Waals surface area contributed by atoms with Crippen molar-refractivity contribution in [3.63, 3.8) is 0 Å². The van der Waals surface area contributed by atoms with Crippen LogP contribution >= 0.6 is 0 Å². The Kier molecular flexibility index (Phi) is 9.21. The van der Waals surface area contributed by atoms with Crippen molar-refractivity contribution in [2.24, 2.45) is 0 Å². The summed E-state index contributed by atoms with van der Waals surface area (Å²) in [6.07, 6.45) is 1.60. The highest BCUT2D eigenvalue weighted by molar-refractivity contribution is 5.85. The lowest BCUT2D eigenvalue weighted by Crippen LogP contribution is -2.48. The summed E-state index contributed by atoms with van der Waals surface area (Å²) < 4.78 is 10.3.